The fourth-order valence-corrected chi connectivity index (χ4v) is 3.47. The van der Waals surface area contributed by atoms with Crippen molar-refractivity contribution in [1.82, 2.24) is 5.32 Å². The molecule has 7 heteroatoms. The minimum atomic E-state index is -0.147. The third-order valence-corrected chi connectivity index (χ3v) is 4.87. The topological polar surface area (TPSA) is 66.0 Å². The van der Waals surface area contributed by atoms with Gasteiger partial charge in [-0.25, -0.2) is 0 Å². The molecule has 0 aliphatic carbocycles. The average molecular weight is 353 g/mol. The van der Waals surface area contributed by atoms with E-state index in [1.54, 1.807) is 0 Å². The van der Waals surface area contributed by atoms with Crippen LogP contribution < -0.4 is 14.8 Å². The third-order valence-electron chi connectivity index (χ3n) is 3.93. The molecule has 1 aromatic rings. The Morgan fingerprint density at radius 3 is 3.04 bits per heavy atom. The molecule has 6 nitrogen and oxygen atoms in total. The molecule has 2 aliphatic heterocycles. The molecule has 0 radical (unpaired) electrons. The van der Waals surface area contributed by atoms with Gasteiger partial charge in [0.1, 0.15) is 24.2 Å². The number of carbonyl (C=O) groups excluding carboxylic acids is 1. The summed E-state index contributed by atoms with van der Waals surface area (Å²) in [5, 5.41) is 4.89. The smallest absolute Gasteiger partial charge is 0.265 e. The molecule has 1 saturated heterocycles. The van der Waals surface area contributed by atoms with Gasteiger partial charge in [-0.15, -0.1) is 11.3 Å². The molecule has 1 fully saturated rings. The molecule has 24 heavy (non-hydrogen) atoms. The number of amides is 1. The molecular weight excluding hydrogens is 330 g/mol. The first-order valence-electron chi connectivity index (χ1n) is 8.16. The van der Waals surface area contributed by atoms with Gasteiger partial charge in [0.15, 0.2) is 11.5 Å². The van der Waals surface area contributed by atoms with Gasteiger partial charge in [0.05, 0.1) is 19.3 Å². The Morgan fingerprint density at radius 2 is 2.21 bits per heavy atom. The summed E-state index contributed by atoms with van der Waals surface area (Å²) >= 11 is 1.34. The molecule has 3 rings (SSSR count). The zero-order valence-corrected chi connectivity index (χ0v) is 14.8. The van der Waals surface area contributed by atoms with Gasteiger partial charge in [-0.3, -0.25) is 4.79 Å². The van der Waals surface area contributed by atoms with Crippen LogP contribution in [-0.2, 0) is 9.47 Å². The Balaban J connectivity index is 1.63. The maximum atomic E-state index is 12.6. The Hall–Kier alpha value is -1.57. The lowest BCUT2D eigenvalue weighted by Crippen LogP contribution is -2.50. The first-order chi connectivity index (χ1) is 11.6. The molecule has 2 aliphatic rings. The number of hydrogen-bond donors (Lipinski definition) is 1. The van der Waals surface area contributed by atoms with Crippen LogP contribution in [0.5, 0.6) is 11.5 Å². The van der Waals surface area contributed by atoms with Crippen molar-refractivity contribution in [3.05, 3.63) is 21.9 Å². The van der Waals surface area contributed by atoms with Gasteiger partial charge in [-0.2, -0.15) is 0 Å². The van der Waals surface area contributed by atoms with E-state index in [1.807, 2.05) is 25.3 Å². The van der Waals surface area contributed by atoms with Crippen LogP contribution in [0, 0.1) is 0 Å². The number of fused-ring (bicyclic) bond motifs is 1. The van der Waals surface area contributed by atoms with Crippen molar-refractivity contribution in [3.8, 4) is 11.5 Å². The maximum absolute atomic E-state index is 12.6. The summed E-state index contributed by atoms with van der Waals surface area (Å²) in [4.78, 5) is 13.2. The lowest BCUT2D eigenvalue weighted by molar-refractivity contribution is -0.0589. The van der Waals surface area contributed by atoms with Gasteiger partial charge in [-0.05, 0) is 20.3 Å². The quantitative estimate of drug-likeness (QED) is 0.824. The summed E-state index contributed by atoms with van der Waals surface area (Å²) in [5.74, 6) is 1.06. The summed E-state index contributed by atoms with van der Waals surface area (Å²) < 4.78 is 22.4. The van der Waals surface area contributed by atoms with Gasteiger partial charge in [0.2, 0.25) is 0 Å². The molecular formula is C17H23NO5S. The zero-order valence-electron chi connectivity index (χ0n) is 14.0. The van der Waals surface area contributed by atoms with E-state index in [1.165, 1.54) is 16.9 Å². The number of thiophene rings is 1. The molecule has 0 unspecified atom stereocenters. The normalized spacial score (nSPS) is 22.8. The maximum Gasteiger partial charge on any atom is 0.265 e. The van der Waals surface area contributed by atoms with Crippen molar-refractivity contribution in [3.63, 3.8) is 0 Å². The van der Waals surface area contributed by atoms with Crippen molar-refractivity contribution < 1.29 is 23.7 Å². The number of carbonyl (C=O) groups is 1. The molecule has 1 aromatic heterocycles. The Labute approximate surface area is 145 Å². The van der Waals surface area contributed by atoms with E-state index in [4.69, 9.17) is 18.9 Å². The molecule has 3 heterocycles. The van der Waals surface area contributed by atoms with Crippen LogP contribution in [-0.4, -0.2) is 51.1 Å². The largest absolute Gasteiger partial charge is 0.485 e. The van der Waals surface area contributed by atoms with Crippen LogP contribution in [0.3, 0.4) is 0 Å². The van der Waals surface area contributed by atoms with Crippen molar-refractivity contribution in [2.75, 3.05) is 33.0 Å². The zero-order chi connectivity index (χ0) is 16.9. The number of hydrogen-bond acceptors (Lipinski definition) is 6. The second-order valence-electron chi connectivity index (χ2n) is 6.05. The highest BCUT2D eigenvalue weighted by Gasteiger charge is 2.30. The van der Waals surface area contributed by atoms with Crippen LogP contribution in [0.1, 0.15) is 29.9 Å². The number of allylic oxidation sites excluding steroid dienone is 1. The molecule has 2 atom stereocenters. The lowest BCUT2D eigenvalue weighted by Gasteiger charge is -2.31. The molecule has 132 valence electrons. The third kappa shape index (κ3) is 4.09. The van der Waals surface area contributed by atoms with Crippen molar-refractivity contribution in [1.29, 1.82) is 0 Å². The monoisotopic (exact) mass is 353 g/mol. The van der Waals surface area contributed by atoms with Crippen LogP contribution >= 0.6 is 11.3 Å². The van der Waals surface area contributed by atoms with Gasteiger partial charge in [0.25, 0.3) is 5.91 Å². The predicted octanol–water partition coefficient (Wildman–Crippen LogP) is 2.39. The van der Waals surface area contributed by atoms with Gasteiger partial charge in [0, 0.05) is 12.0 Å². The summed E-state index contributed by atoms with van der Waals surface area (Å²) in [6.45, 7) is 6.68. The highest BCUT2D eigenvalue weighted by molar-refractivity contribution is 7.12. The van der Waals surface area contributed by atoms with Crippen molar-refractivity contribution >= 4 is 17.2 Å². The van der Waals surface area contributed by atoms with Crippen LogP contribution in [0.25, 0.3) is 0 Å². The Kier molecular flexibility index (Phi) is 5.76. The first-order valence-corrected chi connectivity index (χ1v) is 9.04. The first kappa shape index (κ1) is 17.3. The van der Waals surface area contributed by atoms with Crippen LogP contribution in [0.4, 0.5) is 0 Å². The van der Waals surface area contributed by atoms with E-state index in [0.717, 1.165) is 6.42 Å². The lowest BCUT2D eigenvalue weighted by atomic mass is 10.1. The molecule has 0 bridgehead atoms. The minimum absolute atomic E-state index is 0.0703. The fourth-order valence-electron chi connectivity index (χ4n) is 2.63. The van der Waals surface area contributed by atoms with E-state index >= 15 is 0 Å². The minimum Gasteiger partial charge on any atom is -0.485 e. The van der Waals surface area contributed by atoms with Crippen molar-refractivity contribution in [2.24, 2.45) is 0 Å². The average Bonchev–Trinajstić information content (AvgIpc) is 3.00. The Morgan fingerprint density at radius 1 is 1.38 bits per heavy atom. The standard InChI is InChI=1S/C17H23NO5S/c1-11(2)3-6-21-13-9-20-5-4-12(13)18-17(19)16-15-14(10-24-16)22-7-8-23-15/h3,10,12-13H,4-9H2,1-2H3,(H,18,19)/t12-,13-/m1/s1. The highest BCUT2D eigenvalue weighted by Crippen LogP contribution is 2.39. The van der Waals surface area contributed by atoms with E-state index in [9.17, 15) is 4.79 Å². The fraction of sp³-hybridized carbons (Fsp3) is 0.588. The SMILES string of the molecule is CC(C)=CCO[C@@H]1COCC[C@H]1NC(=O)c1scc2c1OCCO2. The summed E-state index contributed by atoms with van der Waals surface area (Å²) in [7, 11) is 0. The molecule has 0 saturated carbocycles. The molecule has 0 aromatic carbocycles. The van der Waals surface area contributed by atoms with Gasteiger partial charge >= 0.3 is 0 Å². The Bertz CT molecular complexity index is 608. The molecule has 0 spiro atoms. The summed E-state index contributed by atoms with van der Waals surface area (Å²) in [5.41, 5.74) is 1.20. The van der Waals surface area contributed by atoms with E-state index in [2.05, 4.69) is 5.32 Å². The molecule has 1 amide bonds. The van der Waals surface area contributed by atoms with E-state index in [0.29, 0.717) is 49.4 Å². The molecule has 1 N–H and O–H groups in total. The number of rotatable bonds is 5. The van der Waals surface area contributed by atoms with Crippen LogP contribution in [0.2, 0.25) is 0 Å². The van der Waals surface area contributed by atoms with E-state index in [-0.39, 0.29) is 18.1 Å². The summed E-state index contributed by atoms with van der Waals surface area (Å²) in [6, 6.07) is -0.0703. The van der Waals surface area contributed by atoms with Crippen molar-refractivity contribution in [2.45, 2.75) is 32.4 Å². The van der Waals surface area contributed by atoms with Crippen LogP contribution in [0.15, 0.2) is 17.0 Å². The summed E-state index contributed by atoms with van der Waals surface area (Å²) in [6.07, 6.45) is 2.61. The second-order valence-corrected chi connectivity index (χ2v) is 6.93. The van der Waals surface area contributed by atoms with E-state index < -0.39 is 0 Å². The number of nitrogens with one attached hydrogen (secondary N) is 1. The number of ether oxygens (including phenoxy) is 4. The predicted molar refractivity (Wildman–Crippen MR) is 91.2 cm³/mol. The van der Waals surface area contributed by atoms with Gasteiger partial charge < -0.3 is 24.3 Å². The second kappa shape index (κ2) is 8.00. The van der Waals surface area contributed by atoms with Gasteiger partial charge in [-0.1, -0.05) is 11.6 Å². The highest BCUT2D eigenvalue weighted by atomic mass is 32.1.